The third-order valence-corrected chi connectivity index (χ3v) is 8.77. The summed E-state index contributed by atoms with van der Waals surface area (Å²) >= 11 is 6.38. The maximum absolute atomic E-state index is 14.1. The molecule has 41 heavy (non-hydrogen) atoms. The first-order valence-electron chi connectivity index (χ1n) is 13.6. The van der Waals surface area contributed by atoms with Gasteiger partial charge < -0.3 is 15.0 Å². The molecule has 220 valence electrons. The zero-order valence-electron chi connectivity index (χ0n) is 24.2. The van der Waals surface area contributed by atoms with Crippen LogP contribution >= 0.6 is 11.6 Å². The second-order valence-corrected chi connectivity index (χ2v) is 12.1. The van der Waals surface area contributed by atoms with Crippen molar-refractivity contribution in [2.24, 2.45) is 0 Å². The molecule has 0 radical (unpaired) electrons. The number of anilines is 1. The van der Waals surface area contributed by atoms with Crippen molar-refractivity contribution in [1.29, 1.82) is 0 Å². The number of hydrogen-bond acceptors (Lipinski definition) is 5. The summed E-state index contributed by atoms with van der Waals surface area (Å²) in [6.45, 7) is 7.66. The molecule has 1 N–H and O–H groups in total. The first kappa shape index (κ1) is 32.0. The predicted molar refractivity (Wildman–Crippen MR) is 163 cm³/mol. The summed E-state index contributed by atoms with van der Waals surface area (Å²) in [7, 11) is -2.74. The van der Waals surface area contributed by atoms with Crippen molar-refractivity contribution in [3.8, 4) is 5.75 Å². The van der Waals surface area contributed by atoms with E-state index < -0.39 is 28.5 Å². The molecule has 0 aliphatic heterocycles. The van der Waals surface area contributed by atoms with E-state index in [-0.39, 0.29) is 28.1 Å². The van der Waals surface area contributed by atoms with Gasteiger partial charge in [-0.2, -0.15) is 0 Å². The Balaban J connectivity index is 2.09. The van der Waals surface area contributed by atoms with Gasteiger partial charge in [0.25, 0.3) is 10.0 Å². The molecule has 0 aliphatic carbocycles. The molecule has 2 amide bonds. The number of nitrogens with zero attached hydrogens (tertiary/aromatic N) is 2. The van der Waals surface area contributed by atoms with E-state index >= 15 is 0 Å². The molecule has 1 atom stereocenters. The number of aryl methyl sites for hydroxylation is 2. The standard InChI is InChI=1S/C31H38ClN3O5S/c1-6-17-33-31(37)28(7-2)34(20-24-10-8-9-23(4)18-24)30(36)21-35(25-13-16-29(40-5)27(32)19-25)41(38,39)26-14-11-22(3)12-15-26/h8-16,18-19,28H,6-7,17,20-21H2,1-5H3,(H,33,37)/t28-/m1/s1. The van der Waals surface area contributed by atoms with Gasteiger partial charge in [0.15, 0.2) is 0 Å². The molecule has 0 spiro atoms. The lowest BCUT2D eigenvalue weighted by atomic mass is 10.1. The molecule has 0 aromatic heterocycles. The van der Waals surface area contributed by atoms with Crippen molar-refractivity contribution in [3.05, 3.63) is 88.4 Å². The number of amides is 2. The topological polar surface area (TPSA) is 96.0 Å². The molecule has 8 nitrogen and oxygen atoms in total. The summed E-state index contributed by atoms with van der Waals surface area (Å²) < 4.78 is 34.3. The molecule has 0 bridgehead atoms. The van der Waals surface area contributed by atoms with Crippen LogP contribution in [0.5, 0.6) is 5.75 Å². The number of benzene rings is 3. The molecule has 0 unspecified atom stereocenters. The van der Waals surface area contributed by atoms with Gasteiger partial charge in [-0.3, -0.25) is 13.9 Å². The molecule has 3 aromatic rings. The highest BCUT2D eigenvalue weighted by Gasteiger charge is 2.34. The van der Waals surface area contributed by atoms with E-state index in [2.05, 4.69) is 5.32 Å². The van der Waals surface area contributed by atoms with E-state index in [4.69, 9.17) is 16.3 Å². The molecule has 3 rings (SSSR count). The minimum atomic E-state index is -4.20. The normalized spacial score (nSPS) is 12.0. The number of halogens is 1. The lowest BCUT2D eigenvalue weighted by molar-refractivity contribution is -0.140. The number of carbonyl (C=O) groups is 2. The van der Waals surface area contributed by atoms with Crippen LogP contribution in [0.25, 0.3) is 0 Å². The molecule has 0 saturated heterocycles. The Bertz CT molecular complexity index is 1460. The fraction of sp³-hybridized carbons (Fsp3) is 0.355. The fourth-order valence-electron chi connectivity index (χ4n) is 4.47. The van der Waals surface area contributed by atoms with Gasteiger partial charge in [0.05, 0.1) is 22.7 Å². The van der Waals surface area contributed by atoms with E-state index in [9.17, 15) is 18.0 Å². The van der Waals surface area contributed by atoms with Gasteiger partial charge in [-0.1, -0.05) is 73.0 Å². The SMILES string of the molecule is CCCNC(=O)[C@@H](CC)N(Cc1cccc(C)c1)C(=O)CN(c1ccc(OC)c(Cl)c1)S(=O)(=O)c1ccc(C)cc1. The minimum Gasteiger partial charge on any atom is -0.495 e. The van der Waals surface area contributed by atoms with Gasteiger partial charge >= 0.3 is 0 Å². The third-order valence-electron chi connectivity index (χ3n) is 6.68. The number of methoxy groups -OCH3 is 1. The Kier molecular flexibility index (Phi) is 11.2. The number of carbonyl (C=O) groups excluding carboxylic acids is 2. The van der Waals surface area contributed by atoms with Crippen LogP contribution < -0.4 is 14.4 Å². The van der Waals surface area contributed by atoms with Crippen molar-refractivity contribution >= 4 is 39.1 Å². The lowest BCUT2D eigenvalue weighted by Gasteiger charge is -2.33. The summed E-state index contributed by atoms with van der Waals surface area (Å²) in [5.74, 6) is -0.433. The van der Waals surface area contributed by atoms with Crippen LogP contribution in [0.1, 0.15) is 43.4 Å². The Morgan fingerprint density at radius 2 is 1.68 bits per heavy atom. The zero-order chi connectivity index (χ0) is 30.2. The highest BCUT2D eigenvalue weighted by Crippen LogP contribution is 2.32. The molecule has 10 heteroatoms. The summed E-state index contributed by atoms with van der Waals surface area (Å²) in [5, 5.41) is 3.08. The van der Waals surface area contributed by atoms with Crippen molar-refractivity contribution in [1.82, 2.24) is 10.2 Å². The zero-order valence-corrected chi connectivity index (χ0v) is 25.8. The third kappa shape index (κ3) is 8.01. The van der Waals surface area contributed by atoms with Crippen LogP contribution in [0.4, 0.5) is 5.69 Å². The largest absolute Gasteiger partial charge is 0.495 e. The Morgan fingerprint density at radius 3 is 2.27 bits per heavy atom. The first-order chi connectivity index (χ1) is 19.5. The molecular formula is C31H38ClN3O5S. The van der Waals surface area contributed by atoms with Crippen LogP contribution in [0.15, 0.2) is 71.6 Å². The molecule has 0 aliphatic rings. The Hall–Kier alpha value is -3.56. The van der Waals surface area contributed by atoms with Gasteiger partial charge in [0, 0.05) is 13.1 Å². The number of ether oxygens (including phenoxy) is 1. The fourth-order valence-corrected chi connectivity index (χ4v) is 6.13. The quantitative estimate of drug-likeness (QED) is 0.280. The van der Waals surface area contributed by atoms with Crippen LogP contribution in [-0.4, -0.2) is 51.4 Å². The molecule has 3 aromatic carbocycles. The van der Waals surface area contributed by atoms with Crippen molar-refractivity contribution in [3.63, 3.8) is 0 Å². The number of hydrogen-bond donors (Lipinski definition) is 1. The lowest BCUT2D eigenvalue weighted by Crippen LogP contribution is -2.52. The first-order valence-corrected chi connectivity index (χ1v) is 15.4. The average Bonchev–Trinajstić information content (AvgIpc) is 2.94. The predicted octanol–water partition coefficient (Wildman–Crippen LogP) is 5.49. The van der Waals surface area contributed by atoms with Gasteiger partial charge in [0.2, 0.25) is 11.8 Å². The van der Waals surface area contributed by atoms with Gasteiger partial charge in [-0.05, 0) is 62.6 Å². The van der Waals surface area contributed by atoms with E-state index in [1.54, 1.807) is 24.3 Å². The number of sulfonamides is 1. The Labute approximate surface area is 248 Å². The van der Waals surface area contributed by atoms with Crippen molar-refractivity contribution in [2.45, 2.75) is 58.0 Å². The van der Waals surface area contributed by atoms with E-state index in [1.165, 1.54) is 30.2 Å². The second kappa shape index (κ2) is 14.4. The summed E-state index contributed by atoms with van der Waals surface area (Å²) in [6, 6.07) is 17.8. The monoisotopic (exact) mass is 599 g/mol. The van der Waals surface area contributed by atoms with E-state index in [0.717, 1.165) is 27.4 Å². The van der Waals surface area contributed by atoms with Gasteiger partial charge in [-0.15, -0.1) is 0 Å². The summed E-state index contributed by atoms with van der Waals surface area (Å²) in [5.41, 5.74) is 2.94. The minimum absolute atomic E-state index is 0.0285. The molecule has 0 saturated carbocycles. The van der Waals surface area contributed by atoms with E-state index in [0.29, 0.717) is 18.7 Å². The second-order valence-electron chi connectivity index (χ2n) is 9.87. The maximum atomic E-state index is 14.1. The molecule has 0 heterocycles. The average molecular weight is 600 g/mol. The van der Waals surface area contributed by atoms with Crippen LogP contribution in [0.3, 0.4) is 0 Å². The van der Waals surface area contributed by atoms with Crippen molar-refractivity contribution < 1.29 is 22.7 Å². The number of rotatable bonds is 13. The van der Waals surface area contributed by atoms with Crippen LogP contribution in [0.2, 0.25) is 5.02 Å². The van der Waals surface area contributed by atoms with Gasteiger partial charge in [0.1, 0.15) is 18.3 Å². The highest BCUT2D eigenvalue weighted by atomic mass is 35.5. The van der Waals surface area contributed by atoms with Crippen molar-refractivity contribution in [2.75, 3.05) is 24.5 Å². The number of nitrogens with one attached hydrogen (secondary N) is 1. The summed E-state index contributed by atoms with van der Waals surface area (Å²) in [4.78, 5) is 28.8. The maximum Gasteiger partial charge on any atom is 0.264 e. The smallest absolute Gasteiger partial charge is 0.264 e. The highest BCUT2D eigenvalue weighted by molar-refractivity contribution is 7.92. The van der Waals surface area contributed by atoms with Crippen LogP contribution in [-0.2, 0) is 26.2 Å². The van der Waals surface area contributed by atoms with Gasteiger partial charge in [-0.25, -0.2) is 8.42 Å². The van der Waals surface area contributed by atoms with E-state index in [1.807, 2.05) is 52.0 Å². The van der Waals surface area contributed by atoms with Crippen LogP contribution in [0, 0.1) is 13.8 Å². The molecular weight excluding hydrogens is 562 g/mol. The Morgan fingerprint density at radius 1 is 0.976 bits per heavy atom. The molecule has 0 fully saturated rings. The summed E-state index contributed by atoms with van der Waals surface area (Å²) in [6.07, 6.45) is 1.10.